The third-order valence-electron chi connectivity index (χ3n) is 6.40. The van der Waals surface area contributed by atoms with Crippen molar-refractivity contribution in [2.75, 3.05) is 31.3 Å². The molecule has 216 valence electrons. The number of aromatic nitrogens is 4. The number of aryl methyl sites for hydroxylation is 1. The summed E-state index contributed by atoms with van der Waals surface area (Å²) in [7, 11) is -2.43. The summed E-state index contributed by atoms with van der Waals surface area (Å²) in [4.78, 5) is 8.00. The quantitative estimate of drug-likeness (QED) is 0.243. The monoisotopic (exact) mass is 601 g/mol. The van der Waals surface area contributed by atoms with E-state index in [-0.39, 0.29) is 49.2 Å². The van der Waals surface area contributed by atoms with Gasteiger partial charge in [-0.05, 0) is 35.4 Å². The van der Waals surface area contributed by atoms with Crippen LogP contribution in [0.4, 0.5) is 5.82 Å². The highest BCUT2D eigenvalue weighted by atomic mass is 35.5. The molecule has 1 aliphatic rings. The fourth-order valence-corrected chi connectivity index (χ4v) is 5.24. The number of fused-ring (bicyclic) bond motifs is 1. The van der Waals surface area contributed by atoms with Crippen LogP contribution in [0.3, 0.4) is 0 Å². The maximum absolute atomic E-state index is 13.5. The Bertz CT molecular complexity index is 1640. The Labute approximate surface area is 241 Å². The van der Waals surface area contributed by atoms with Gasteiger partial charge in [0, 0.05) is 12.5 Å². The highest BCUT2D eigenvalue weighted by molar-refractivity contribution is 7.92. The lowest BCUT2D eigenvalue weighted by Crippen LogP contribution is -2.22. The maximum Gasteiger partial charge on any atom is 0.316 e. The van der Waals surface area contributed by atoms with Crippen molar-refractivity contribution in [2.45, 2.75) is 24.2 Å². The number of aliphatic hydroxyl groups excluding tert-OH is 1. The van der Waals surface area contributed by atoms with E-state index in [4.69, 9.17) is 30.5 Å². The molecule has 0 saturated carbocycles. The lowest BCUT2D eigenvalue weighted by molar-refractivity contribution is 0.174. The van der Waals surface area contributed by atoms with Crippen LogP contribution in [0.25, 0.3) is 11.1 Å². The van der Waals surface area contributed by atoms with Crippen molar-refractivity contribution in [2.24, 2.45) is 7.05 Å². The minimum Gasteiger partial charge on any atom is -0.472 e. The van der Waals surface area contributed by atoms with E-state index in [0.29, 0.717) is 27.6 Å². The highest BCUT2D eigenvalue weighted by Crippen LogP contribution is 2.42. The Kier molecular flexibility index (Phi) is 7.93. The minimum absolute atomic E-state index is 0.0478. The van der Waals surface area contributed by atoms with Gasteiger partial charge in [-0.2, -0.15) is 0 Å². The Morgan fingerprint density at radius 3 is 2.44 bits per heavy atom. The average molecular weight is 602 g/mol. The van der Waals surface area contributed by atoms with E-state index in [1.54, 1.807) is 37.4 Å². The fraction of sp³-hybridized carbons (Fsp3) is 0.296. The largest absolute Gasteiger partial charge is 0.472 e. The van der Waals surface area contributed by atoms with Crippen LogP contribution < -0.4 is 23.7 Å². The van der Waals surface area contributed by atoms with Gasteiger partial charge in [0.25, 0.3) is 10.0 Å². The second-order valence-corrected chi connectivity index (χ2v) is 11.9. The van der Waals surface area contributed by atoms with Crippen molar-refractivity contribution < 1.29 is 32.5 Å². The van der Waals surface area contributed by atoms with Crippen LogP contribution in [0.15, 0.2) is 59.8 Å². The number of nitrogens with one attached hydrogen (secondary N) is 1. The molecule has 41 heavy (non-hydrogen) atoms. The number of benzene rings is 2. The number of ether oxygens (including phenoxy) is 4. The number of halogens is 1. The molecule has 12 nitrogen and oxygen atoms in total. The van der Waals surface area contributed by atoms with Crippen LogP contribution in [0, 0.1) is 0 Å². The standard InChI is InChI=1S/C27H28ClN5O7S/c1-27(2,15-34)18-5-7-20(8-6-18)41(35,36)32-24-23(17-4-9-21-22(12-17)40-16-39-21)25(31-33(24)3)37-10-11-38-26-29-13-19(28)14-30-26/h4-9,12-14,32,34H,10-11,15-16H2,1-3H3. The summed E-state index contributed by atoms with van der Waals surface area (Å²) in [6.07, 6.45) is 2.83. The van der Waals surface area contributed by atoms with Gasteiger partial charge in [0.2, 0.25) is 12.7 Å². The summed E-state index contributed by atoms with van der Waals surface area (Å²) in [6.45, 7) is 3.91. The van der Waals surface area contributed by atoms with Gasteiger partial charge in [0.15, 0.2) is 11.5 Å². The first-order valence-electron chi connectivity index (χ1n) is 12.5. The number of rotatable bonds is 11. The molecule has 0 unspecified atom stereocenters. The number of hydrogen-bond acceptors (Lipinski definition) is 10. The molecule has 1 aliphatic heterocycles. The predicted molar refractivity (Wildman–Crippen MR) is 150 cm³/mol. The first-order chi connectivity index (χ1) is 19.6. The van der Waals surface area contributed by atoms with E-state index in [1.165, 1.54) is 29.2 Å². The first-order valence-corrected chi connectivity index (χ1v) is 14.4. The predicted octanol–water partition coefficient (Wildman–Crippen LogP) is 3.79. The molecule has 0 bridgehead atoms. The van der Waals surface area contributed by atoms with Gasteiger partial charge in [-0.15, -0.1) is 5.10 Å². The molecule has 2 N–H and O–H groups in total. The van der Waals surface area contributed by atoms with Crippen molar-refractivity contribution in [3.8, 4) is 34.5 Å². The summed E-state index contributed by atoms with van der Waals surface area (Å²) in [5, 5.41) is 14.5. The van der Waals surface area contributed by atoms with E-state index in [9.17, 15) is 13.5 Å². The van der Waals surface area contributed by atoms with E-state index in [0.717, 1.165) is 5.56 Å². The molecule has 0 fully saturated rings. The summed E-state index contributed by atoms with van der Waals surface area (Å²) in [6, 6.07) is 11.7. The Morgan fingerprint density at radius 2 is 1.73 bits per heavy atom. The molecule has 0 spiro atoms. The second-order valence-electron chi connectivity index (χ2n) is 9.77. The average Bonchev–Trinajstić information content (AvgIpc) is 3.55. The molecule has 2 aromatic heterocycles. The van der Waals surface area contributed by atoms with Gasteiger partial charge < -0.3 is 24.1 Å². The summed E-state index contributed by atoms with van der Waals surface area (Å²) in [5.74, 6) is 1.44. The molecule has 4 aromatic rings. The van der Waals surface area contributed by atoms with Crippen molar-refractivity contribution >= 4 is 27.4 Å². The summed E-state index contributed by atoms with van der Waals surface area (Å²) >= 11 is 5.81. The van der Waals surface area contributed by atoms with Gasteiger partial charge in [-0.25, -0.2) is 23.1 Å². The number of anilines is 1. The zero-order valence-electron chi connectivity index (χ0n) is 22.5. The molecule has 0 aliphatic carbocycles. The molecule has 3 heterocycles. The molecule has 0 atom stereocenters. The third-order valence-corrected chi connectivity index (χ3v) is 7.95. The minimum atomic E-state index is -4.04. The Balaban J connectivity index is 1.43. The maximum atomic E-state index is 13.5. The van der Waals surface area contributed by atoms with Gasteiger partial charge in [-0.3, -0.25) is 4.72 Å². The molecule has 14 heteroatoms. The number of aliphatic hydroxyl groups is 1. The summed E-state index contributed by atoms with van der Waals surface area (Å²) in [5.41, 5.74) is 1.29. The lowest BCUT2D eigenvalue weighted by Gasteiger charge is -2.22. The Morgan fingerprint density at radius 1 is 1.05 bits per heavy atom. The van der Waals surface area contributed by atoms with Crippen molar-refractivity contribution in [1.82, 2.24) is 19.7 Å². The van der Waals surface area contributed by atoms with Gasteiger partial charge in [0.05, 0.1) is 34.5 Å². The second kappa shape index (κ2) is 11.4. The van der Waals surface area contributed by atoms with Crippen LogP contribution in [-0.2, 0) is 22.5 Å². The van der Waals surface area contributed by atoms with Crippen LogP contribution >= 0.6 is 11.6 Å². The van der Waals surface area contributed by atoms with E-state index in [1.807, 2.05) is 13.8 Å². The molecule has 5 rings (SSSR count). The number of sulfonamides is 1. The van der Waals surface area contributed by atoms with Crippen molar-refractivity contribution in [3.63, 3.8) is 0 Å². The molecule has 0 amide bonds. The van der Waals surface area contributed by atoms with E-state index in [2.05, 4.69) is 19.8 Å². The topological polar surface area (TPSA) is 147 Å². The molecule has 0 saturated heterocycles. The van der Waals surface area contributed by atoms with Crippen LogP contribution in [0.1, 0.15) is 19.4 Å². The van der Waals surface area contributed by atoms with Crippen molar-refractivity contribution in [1.29, 1.82) is 0 Å². The normalized spacial score (nSPS) is 12.8. The van der Waals surface area contributed by atoms with E-state index >= 15 is 0 Å². The smallest absolute Gasteiger partial charge is 0.316 e. The molecule has 0 radical (unpaired) electrons. The number of hydrogen-bond donors (Lipinski definition) is 2. The Hall–Kier alpha value is -4.07. The zero-order chi connectivity index (χ0) is 29.2. The fourth-order valence-electron chi connectivity index (χ4n) is 4.04. The highest BCUT2D eigenvalue weighted by Gasteiger charge is 2.27. The van der Waals surface area contributed by atoms with Crippen LogP contribution in [-0.4, -0.2) is 59.9 Å². The molecular weight excluding hydrogens is 574 g/mol. The van der Waals surface area contributed by atoms with Crippen molar-refractivity contribution in [3.05, 3.63) is 65.4 Å². The van der Waals surface area contributed by atoms with Crippen LogP contribution in [0.5, 0.6) is 23.4 Å². The lowest BCUT2D eigenvalue weighted by atomic mass is 9.86. The molecule has 2 aromatic carbocycles. The van der Waals surface area contributed by atoms with Gasteiger partial charge in [-0.1, -0.05) is 43.6 Å². The third kappa shape index (κ3) is 6.16. The SMILES string of the molecule is Cn1nc(OCCOc2ncc(Cl)cn2)c(-c2ccc3c(c2)OCO3)c1NS(=O)(=O)c1ccc(C(C)(C)CO)cc1. The number of nitrogens with zero attached hydrogens (tertiary/aromatic N) is 4. The van der Waals surface area contributed by atoms with Gasteiger partial charge >= 0.3 is 6.01 Å². The first kappa shape index (κ1) is 28.5. The van der Waals surface area contributed by atoms with Gasteiger partial charge in [0.1, 0.15) is 19.0 Å². The molecular formula is C27H28ClN5O7S. The van der Waals surface area contributed by atoms with Crippen LogP contribution in [0.2, 0.25) is 5.02 Å². The van der Waals surface area contributed by atoms with E-state index < -0.39 is 15.4 Å². The zero-order valence-corrected chi connectivity index (χ0v) is 24.1. The summed E-state index contributed by atoms with van der Waals surface area (Å²) < 4.78 is 53.4.